The van der Waals surface area contributed by atoms with E-state index in [0.717, 1.165) is 27.1 Å². The summed E-state index contributed by atoms with van der Waals surface area (Å²) in [4.78, 5) is 17.2. The molecule has 1 atom stereocenters. The van der Waals surface area contributed by atoms with Crippen LogP contribution < -0.4 is 10.1 Å². The first-order valence-electron chi connectivity index (χ1n) is 8.92. The zero-order chi connectivity index (χ0) is 19.2. The summed E-state index contributed by atoms with van der Waals surface area (Å²) in [5.74, 6) is 2.41. The first kappa shape index (κ1) is 19.8. The molecule has 1 unspecified atom stereocenters. The van der Waals surface area contributed by atoms with Crippen molar-refractivity contribution in [1.29, 1.82) is 0 Å². The summed E-state index contributed by atoms with van der Waals surface area (Å²) in [6, 6.07) is 16.0. The summed E-state index contributed by atoms with van der Waals surface area (Å²) in [6.45, 7) is 4.22. The molecule has 1 amide bonds. The number of carbonyl (C=O) groups excluding carboxylic acids is 1. The minimum Gasteiger partial charge on any atom is -0.497 e. The van der Waals surface area contributed by atoms with Gasteiger partial charge in [0.2, 0.25) is 5.91 Å². The summed E-state index contributed by atoms with van der Waals surface area (Å²) < 4.78 is 6.17. The Morgan fingerprint density at radius 3 is 2.67 bits per heavy atom. The molecule has 4 nitrogen and oxygen atoms in total. The maximum absolute atomic E-state index is 12.5. The topological polar surface area (TPSA) is 50.7 Å². The van der Waals surface area contributed by atoms with Gasteiger partial charge in [-0.2, -0.15) is 0 Å². The van der Waals surface area contributed by atoms with Gasteiger partial charge in [-0.15, -0.1) is 0 Å². The van der Waals surface area contributed by atoms with Crippen LogP contribution in [0.2, 0.25) is 0 Å². The number of amides is 1. The molecular formula is C21H24N2O2S2. The SMILES string of the molecule is COc1ccc(C(NC(=O)CSC2=Nc3ccccc3CS2)C(C)C)cc1. The van der Waals surface area contributed by atoms with Crippen molar-refractivity contribution in [2.75, 3.05) is 12.9 Å². The number of nitrogens with one attached hydrogen (secondary N) is 1. The maximum atomic E-state index is 12.5. The van der Waals surface area contributed by atoms with E-state index in [9.17, 15) is 4.79 Å². The zero-order valence-electron chi connectivity index (χ0n) is 15.8. The van der Waals surface area contributed by atoms with Gasteiger partial charge in [-0.3, -0.25) is 4.79 Å². The molecule has 0 bridgehead atoms. The average molecular weight is 401 g/mol. The Balaban J connectivity index is 1.59. The van der Waals surface area contributed by atoms with Crippen LogP contribution in [0.4, 0.5) is 5.69 Å². The van der Waals surface area contributed by atoms with Gasteiger partial charge in [0.05, 0.1) is 24.6 Å². The van der Waals surface area contributed by atoms with Crippen molar-refractivity contribution < 1.29 is 9.53 Å². The largest absolute Gasteiger partial charge is 0.497 e. The Kier molecular flexibility index (Phi) is 6.85. The molecular weight excluding hydrogens is 376 g/mol. The Morgan fingerprint density at radius 1 is 1.22 bits per heavy atom. The van der Waals surface area contributed by atoms with Crippen molar-refractivity contribution in [3.63, 3.8) is 0 Å². The van der Waals surface area contributed by atoms with E-state index >= 15 is 0 Å². The standard InChI is InChI=1S/C21H24N2O2S2/c1-14(2)20(15-8-10-17(25-3)11-9-15)23-19(24)13-27-21-22-18-7-5-4-6-16(18)12-26-21/h4-11,14,20H,12-13H2,1-3H3,(H,23,24). The second kappa shape index (κ2) is 9.33. The maximum Gasteiger partial charge on any atom is 0.230 e. The van der Waals surface area contributed by atoms with Crippen molar-refractivity contribution in [2.45, 2.75) is 25.6 Å². The number of thioether (sulfide) groups is 2. The molecule has 1 aliphatic heterocycles. The lowest BCUT2D eigenvalue weighted by Gasteiger charge is -2.23. The summed E-state index contributed by atoms with van der Waals surface area (Å²) >= 11 is 3.20. The van der Waals surface area contributed by atoms with Gasteiger partial charge in [0.1, 0.15) is 10.1 Å². The smallest absolute Gasteiger partial charge is 0.230 e. The van der Waals surface area contributed by atoms with E-state index in [0.29, 0.717) is 11.7 Å². The van der Waals surface area contributed by atoms with E-state index < -0.39 is 0 Å². The van der Waals surface area contributed by atoms with Gasteiger partial charge in [0.15, 0.2) is 0 Å². The molecule has 2 aromatic rings. The highest BCUT2D eigenvalue weighted by Gasteiger charge is 2.20. The van der Waals surface area contributed by atoms with E-state index in [1.54, 1.807) is 18.9 Å². The third-order valence-electron chi connectivity index (χ3n) is 4.34. The predicted molar refractivity (Wildman–Crippen MR) is 116 cm³/mol. The van der Waals surface area contributed by atoms with Gasteiger partial charge in [0.25, 0.3) is 0 Å². The van der Waals surface area contributed by atoms with Crippen molar-refractivity contribution in [3.05, 3.63) is 59.7 Å². The van der Waals surface area contributed by atoms with E-state index in [2.05, 4.69) is 30.2 Å². The third kappa shape index (κ3) is 5.30. The number of ether oxygens (including phenoxy) is 1. The van der Waals surface area contributed by atoms with Crippen LogP contribution in [0.3, 0.4) is 0 Å². The first-order chi connectivity index (χ1) is 13.1. The molecule has 27 heavy (non-hydrogen) atoms. The number of carbonyl (C=O) groups is 1. The number of methoxy groups -OCH3 is 1. The van der Waals surface area contributed by atoms with E-state index in [1.807, 2.05) is 42.5 Å². The number of rotatable bonds is 6. The van der Waals surface area contributed by atoms with Gasteiger partial charge < -0.3 is 10.1 Å². The van der Waals surface area contributed by atoms with Crippen LogP contribution in [0.25, 0.3) is 0 Å². The predicted octanol–water partition coefficient (Wildman–Crippen LogP) is 5.18. The Morgan fingerprint density at radius 2 is 1.96 bits per heavy atom. The molecule has 142 valence electrons. The molecule has 1 N–H and O–H groups in total. The van der Waals surface area contributed by atoms with Crippen molar-refractivity contribution in [3.8, 4) is 5.75 Å². The molecule has 2 aromatic carbocycles. The summed E-state index contributed by atoms with van der Waals surface area (Å²) in [6.07, 6.45) is 0. The third-order valence-corrected chi connectivity index (χ3v) is 6.58. The average Bonchev–Trinajstić information content (AvgIpc) is 2.70. The summed E-state index contributed by atoms with van der Waals surface area (Å²) in [5, 5.41) is 3.16. The van der Waals surface area contributed by atoms with Gasteiger partial charge in [0, 0.05) is 5.75 Å². The number of hydrogen-bond acceptors (Lipinski definition) is 5. The van der Waals surface area contributed by atoms with Crippen molar-refractivity contribution in [1.82, 2.24) is 5.32 Å². The number of hydrogen-bond donors (Lipinski definition) is 1. The van der Waals surface area contributed by atoms with Crippen LogP contribution in [-0.4, -0.2) is 23.1 Å². The molecule has 0 aliphatic carbocycles. The quantitative estimate of drug-likeness (QED) is 0.726. The van der Waals surface area contributed by atoms with E-state index in [-0.39, 0.29) is 11.9 Å². The van der Waals surface area contributed by atoms with Crippen LogP contribution >= 0.6 is 23.5 Å². The zero-order valence-corrected chi connectivity index (χ0v) is 17.4. The molecule has 0 spiro atoms. The highest BCUT2D eigenvalue weighted by atomic mass is 32.2. The molecule has 0 aromatic heterocycles. The van der Waals surface area contributed by atoms with E-state index in [1.165, 1.54) is 17.3 Å². The highest BCUT2D eigenvalue weighted by molar-refractivity contribution is 8.38. The minimum absolute atomic E-state index is 0.0225. The Bertz CT molecular complexity index is 819. The lowest BCUT2D eigenvalue weighted by Crippen LogP contribution is -2.33. The normalized spacial score (nSPS) is 14.3. The number of para-hydroxylation sites is 1. The van der Waals surface area contributed by atoms with Crippen molar-refractivity contribution in [2.24, 2.45) is 10.9 Å². The first-order valence-corrected chi connectivity index (χ1v) is 10.9. The van der Waals surface area contributed by atoms with Gasteiger partial charge in [-0.25, -0.2) is 4.99 Å². The molecule has 3 rings (SSSR count). The van der Waals surface area contributed by atoms with Gasteiger partial charge in [-0.05, 0) is 35.2 Å². The molecule has 1 heterocycles. The van der Waals surface area contributed by atoms with Crippen LogP contribution in [0, 0.1) is 5.92 Å². The van der Waals surface area contributed by atoms with Crippen molar-refractivity contribution >= 4 is 39.5 Å². The molecule has 0 saturated heterocycles. The van der Waals surface area contributed by atoms with Crippen LogP contribution in [0.5, 0.6) is 5.75 Å². The van der Waals surface area contributed by atoms with E-state index in [4.69, 9.17) is 4.74 Å². The fraction of sp³-hybridized carbons (Fsp3) is 0.333. The van der Waals surface area contributed by atoms with Gasteiger partial charge >= 0.3 is 0 Å². The second-order valence-corrected chi connectivity index (χ2v) is 8.83. The fourth-order valence-electron chi connectivity index (χ4n) is 2.87. The minimum atomic E-state index is -0.0225. The molecule has 0 radical (unpaired) electrons. The van der Waals surface area contributed by atoms with Crippen LogP contribution in [0.1, 0.15) is 31.0 Å². The monoisotopic (exact) mass is 400 g/mol. The van der Waals surface area contributed by atoms with Gasteiger partial charge in [-0.1, -0.05) is 67.7 Å². The molecule has 1 aliphatic rings. The Hall–Kier alpha value is -1.92. The number of aliphatic imine (C=N–C) groups is 1. The fourth-order valence-corrected chi connectivity index (χ4v) is 4.75. The Labute approximate surface area is 169 Å². The summed E-state index contributed by atoms with van der Waals surface area (Å²) in [5.41, 5.74) is 3.34. The summed E-state index contributed by atoms with van der Waals surface area (Å²) in [7, 11) is 1.65. The number of benzene rings is 2. The molecule has 6 heteroatoms. The number of nitrogens with zero attached hydrogens (tertiary/aromatic N) is 1. The highest BCUT2D eigenvalue weighted by Crippen LogP contribution is 2.34. The second-order valence-electron chi connectivity index (χ2n) is 6.65. The van der Waals surface area contributed by atoms with Crippen LogP contribution in [0.15, 0.2) is 53.5 Å². The lowest BCUT2D eigenvalue weighted by atomic mass is 9.96. The number of fused-ring (bicyclic) bond motifs is 1. The van der Waals surface area contributed by atoms with Crippen LogP contribution in [-0.2, 0) is 10.5 Å². The molecule has 0 fully saturated rings. The molecule has 0 saturated carbocycles. The lowest BCUT2D eigenvalue weighted by molar-refractivity contribution is -0.119.